The van der Waals surface area contributed by atoms with Gasteiger partial charge in [0, 0.05) is 43.1 Å². The second-order valence-electron chi connectivity index (χ2n) is 5.14. The van der Waals surface area contributed by atoms with Gasteiger partial charge in [-0.15, -0.1) is 0 Å². The topological polar surface area (TPSA) is 78.6 Å². The van der Waals surface area contributed by atoms with Crippen molar-refractivity contribution in [2.45, 2.75) is 32.3 Å². The fourth-order valence-electron chi connectivity index (χ4n) is 2.38. The summed E-state index contributed by atoms with van der Waals surface area (Å²) < 4.78 is 0. The summed E-state index contributed by atoms with van der Waals surface area (Å²) in [5.41, 5.74) is 1.74. The highest BCUT2D eigenvalue weighted by molar-refractivity contribution is 5.64. The van der Waals surface area contributed by atoms with Gasteiger partial charge in [-0.1, -0.05) is 6.92 Å². The molecule has 0 atom stereocenters. The molecular weight excluding hydrogens is 258 g/mol. The molecule has 2 rings (SSSR count). The molecule has 0 amide bonds. The minimum Gasteiger partial charge on any atom is -0.393 e. The van der Waals surface area contributed by atoms with Crippen molar-refractivity contribution in [2.24, 2.45) is 0 Å². The predicted octanol–water partition coefficient (Wildman–Crippen LogP) is 2.38. The first-order valence-electron chi connectivity index (χ1n) is 7.06. The van der Waals surface area contributed by atoms with E-state index in [1.807, 2.05) is 6.07 Å². The van der Waals surface area contributed by atoms with E-state index in [4.69, 9.17) is 0 Å². The summed E-state index contributed by atoms with van der Waals surface area (Å²) in [5.74, 6) is 0. The molecule has 0 bridgehead atoms. The van der Waals surface area contributed by atoms with E-state index in [2.05, 4.69) is 17.1 Å². The van der Waals surface area contributed by atoms with Gasteiger partial charge in [0.2, 0.25) is 0 Å². The Kier molecular flexibility index (Phi) is 4.79. The third-order valence-corrected chi connectivity index (χ3v) is 3.52. The average molecular weight is 279 g/mol. The number of hydrogen-bond acceptors (Lipinski definition) is 5. The van der Waals surface area contributed by atoms with Crippen LogP contribution in [-0.2, 0) is 0 Å². The fourth-order valence-corrected chi connectivity index (χ4v) is 2.38. The van der Waals surface area contributed by atoms with Gasteiger partial charge in [0.1, 0.15) is 0 Å². The van der Waals surface area contributed by atoms with Crippen molar-refractivity contribution in [2.75, 3.05) is 29.9 Å². The lowest BCUT2D eigenvalue weighted by atomic mass is 10.1. The summed E-state index contributed by atoms with van der Waals surface area (Å²) in [6.45, 7) is 4.31. The Morgan fingerprint density at radius 1 is 1.40 bits per heavy atom. The SMILES string of the molecule is CCCNc1cc(N2CCC(O)CC2)cc([N+](=O)[O-])c1. The molecule has 1 saturated heterocycles. The van der Waals surface area contributed by atoms with E-state index in [9.17, 15) is 15.2 Å². The van der Waals surface area contributed by atoms with E-state index >= 15 is 0 Å². The number of aliphatic hydroxyl groups is 1. The number of aliphatic hydroxyl groups excluding tert-OH is 1. The van der Waals surface area contributed by atoms with Crippen LogP contribution >= 0.6 is 0 Å². The zero-order chi connectivity index (χ0) is 14.5. The maximum absolute atomic E-state index is 11.0. The standard InChI is InChI=1S/C14H21N3O3/c1-2-5-15-11-8-12(10-13(9-11)17(19)20)16-6-3-14(18)4-7-16/h8-10,14-15,18H,2-7H2,1H3. The number of nitrogens with zero attached hydrogens (tertiary/aromatic N) is 2. The molecule has 6 nitrogen and oxygen atoms in total. The minimum absolute atomic E-state index is 0.104. The molecule has 0 aromatic heterocycles. The summed E-state index contributed by atoms with van der Waals surface area (Å²) >= 11 is 0. The van der Waals surface area contributed by atoms with Gasteiger partial charge in [-0.25, -0.2) is 0 Å². The second-order valence-corrected chi connectivity index (χ2v) is 5.14. The average Bonchev–Trinajstić information content (AvgIpc) is 2.45. The highest BCUT2D eigenvalue weighted by Gasteiger charge is 2.19. The normalized spacial score (nSPS) is 16.2. The van der Waals surface area contributed by atoms with Crippen LogP contribution in [0.5, 0.6) is 0 Å². The zero-order valence-electron chi connectivity index (χ0n) is 11.7. The lowest BCUT2D eigenvalue weighted by Crippen LogP contribution is -2.35. The first-order chi connectivity index (χ1) is 9.60. The molecule has 6 heteroatoms. The number of benzene rings is 1. The molecule has 1 aliphatic heterocycles. The Labute approximate surface area is 118 Å². The number of nitro groups is 1. The zero-order valence-corrected chi connectivity index (χ0v) is 11.7. The lowest BCUT2D eigenvalue weighted by Gasteiger charge is -2.31. The Morgan fingerprint density at radius 3 is 2.70 bits per heavy atom. The minimum atomic E-state index is -0.362. The molecule has 1 heterocycles. The van der Waals surface area contributed by atoms with Crippen LogP contribution in [0, 0.1) is 10.1 Å². The quantitative estimate of drug-likeness (QED) is 0.639. The summed E-state index contributed by atoms with van der Waals surface area (Å²) in [6.07, 6.45) is 2.14. The van der Waals surface area contributed by atoms with E-state index in [1.165, 1.54) is 0 Å². The lowest BCUT2D eigenvalue weighted by molar-refractivity contribution is -0.384. The van der Waals surface area contributed by atoms with Gasteiger partial charge in [-0.2, -0.15) is 0 Å². The van der Waals surface area contributed by atoms with Crippen LogP contribution in [0.3, 0.4) is 0 Å². The Bertz CT molecular complexity index is 471. The molecule has 0 saturated carbocycles. The van der Waals surface area contributed by atoms with Crippen LogP contribution in [0.2, 0.25) is 0 Å². The van der Waals surface area contributed by atoms with Gasteiger partial charge in [-0.3, -0.25) is 10.1 Å². The van der Waals surface area contributed by atoms with E-state index in [0.29, 0.717) is 12.8 Å². The summed E-state index contributed by atoms with van der Waals surface area (Å²) in [7, 11) is 0. The van der Waals surface area contributed by atoms with Crippen molar-refractivity contribution >= 4 is 17.1 Å². The van der Waals surface area contributed by atoms with Gasteiger partial charge in [0.15, 0.2) is 0 Å². The van der Waals surface area contributed by atoms with Crippen LogP contribution in [0.1, 0.15) is 26.2 Å². The number of hydrogen-bond donors (Lipinski definition) is 2. The Balaban J connectivity index is 2.22. The molecule has 1 aromatic rings. The van der Waals surface area contributed by atoms with Gasteiger partial charge in [0.05, 0.1) is 11.0 Å². The fraction of sp³-hybridized carbons (Fsp3) is 0.571. The monoisotopic (exact) mass is 279 g/mol. The highest BCUT2D eigenvalue weighted by Crippen LogP contribution is 2.29. The van der Waals surface area contributed by atoms with Crippen LogP contribution < -0.4 is 10.2 Å². The van der Waals surface area contributed by atoms with Crippen LogP contribution in [0.4, 0.5) is 17.1 Å². The van der Waals surface area contributed by atoms with Gasteiger partial charge >= 0.3 is 0 Å². The third-order valence-electron chi connectivity index (χ3n) is 3.52. The molecule has 1 fully saturated rings. The van der Waals surface area contributed by atoms with Crippen molar-refractivity contribution < 1.29 is 10.0 Å². The van der Waals surface area contributed by atoms with Crippen molar-refractivity contribution in [3.8, 4) is 0 Å². The molecule has 20 heavy (non-hydrogen) atoms. The Morgan fingerprint density at radius 2 is 2.10 bits per heavy atom. The molecular formula is C14H21N3O3. The number of non-ortho nitro benzene ring substituents is 1. The van der Waals surface area contributed by atoms with Gasteiger partial charge < -0.3 is 15.3 Å². The van der Waals surface area contributed by atoms with Gasteiger partial charge in [0.25, 0.3) is 5.69 Å². The predicted molar refractivity (Wildman–Crippen MR) is 79.3 cm³/mol. The van der Waals surface area contributed by atoms with E-state index < -0.39 is 0 Å². The first kappa shape index (κ1) is 14.6. The molecule has 0 unspecified atom stereocenters. The van der Waals surface area contributed by atoms with Gasteiger partial charge in [-0.05, 0) is 25.3 Å². The third kappa shape index (κ3) is 3.60. The number of rotatable bonds is 5. The summed E-state index contributed by atoms with van der Waals surface area (Å²) in [6, 6.07) is 5.12. The molecule has 110 valence electrons. The van der Waals surface area contributed by atoms with Crippen molar-refractivity contribution in [1.29, 1.82) is 0 Å². The van der Waals surface area contributed by atoms with Crippen molar-refractivity contribution in [3.63, 3.8) is 0 Å². The molecule has 0 spiro atoms. The number of nitro benzene ring substituents is 1. The van der Waals surface area contributed by atoms with Crippen LogP contribution in [0.25, 0.3) is 0 Å². The van der Waals surface area contributed by atoms with E-state index in [0.717, 1.165) is 37.4 Å². The van der Waals surface area contributed by atoms with Crippen molar-refractivity contribution in [3.05, 3.63) is 28.3 Å². The molecule has 0 radical (unpaired) electrons. The number of anilines is 2. The molecule has 2 N–H and O–H groups in total. The van der Waals surface area contributed by atoms with Crippen molar-refractivity contribution in [1.82, 2.24) is 0 Å². The van der Waals surface area contributed by atoms with E-state index in [1.54, 1.807) is 12.1 Å². The summed E-state index contributed by atoms with van der Waals surface area (Å²) in [4.78, 5) is 12.8. The molecule has 0 aliphatic carbocycles. The summed E-state index contributed by atoms with van der Waals surface area (Å²) in [5, 5.41) is 23.8. The second kappa shape index (κ2) is 6.56. The first-order valence-corrected chi connectivity index (χ1v) is 7.06. The molecule has 1 aromatic carbocycles. The highest BCUT2D eigenvalue weighted by atomic mass is 16.6. The van der Waals surface area contributed by atoms with E-state index in [-0.39, 0.29) is 16.7 Å². The Hall–Kier alpha value is -1.82. The number of piperidine rings is 1. The van der Waals surface area contributed by atoms with Crippen LogP contribution in [0.15, 0.2) is 18.2 Å². The largest absolute Gasteiger partial charge is 0.393 e. The maximum Gasteiger partial charge on any atom is 0.273 e. The van der Waals surface area contributed by atoms with Crippen LogP contribution in [-0.4, -0.2) is 35.8 Å². The smallest absolute Gasteiger partial charge is 0.273 e. The number of nitrogens with one attached hydrogen (secondary N) is 1. The molecule has 1 aliphatic rings. The maximum atomic E-state index is 11.0.